The molecule has 0 aliphatic carbocycles. The molecule has 7 nitrogen and oxygen atoms in total. The highest BCUT2D eigenvalue weighted by Gasteiger charge is 2.74. The number of aliphatic hydroxyl groups excluding tert-OH is 1. The average molecular weight is 527 g/mol. The number of likely N-dealkylation sites (tertiary alicyclic amines) is 1. The average Bonchev–Trinajstić information content (AvgIpc) is 3.53. The van der Waals surface area contributed by atoms with Crippen molar-refractivity contribution in [2.75, 3.05) is 19.8 Å². The smallest absolute Gasteiger partial charge is 0.311 e. The third-order valence-corrected chi connectivity index (χ3v) is 9.76. The quantitative estimate of drug-likeness (QED) is 0.332. The second kappa shape index (κ2) is 11.4. The maximum atomic E-state index is 14.4. The summed E-state index contributed by atoms with van der Waals surface area (Å²) in [4.78, 5) is 45.1. The molecule has 2 unspecified atom stereocenters. The normalized spacial score (nSPS) is 28.8. The second-order valence-corrected chi connectivity index (χ2v) is 12.3. The molecule has 37 heavy (non-hydrogen) atoms. The number of rotatable bonds is 12. The third-order valence-electron chi connectivity index (χ3n) is 7.81. The summed E-state index contributed by atoms with van der Waals surface area (Å²) in [7, 11) is 0. The van der Waals surface area contributed by atoms with Crippen LogP contribution in [-0.4, -0.2) is 74.5 Å². The van der Waals surface area contributed by atoms with E-state index in [-0.39, 0.29) is 36.2 Å². The van der Waals surface area contributed by atoms with Crippen molar-refractivity contribution in [1.82, 2.24) is 9.80 Å². The molecule has 1 spiro atoms. The lowest BCUT2D eigenvalue weighted by Gasteiger charge is -2.40. The van der Waals surface area contributed by atoms with Crippen LogP contribution in [0.3, 0.4) is 0 Å². The summed E-state index contributed by atoms with van der Waals surface area (Å²) in [6, 6.07) is 8.47. The van der Waals surface area contributed by atoms with Gasteiger partial charge < -0.3 is 19.6 Å². The van der Waals surface area contributed by atoms with E-state index < -0.39 is 34.6 Å². The summed E-state index contributed by atoms with van der Waals surface area (Å²) < 4.78 is 4.70. The summed E-state index contributed by atoms with van der Waals surface area (Å²) in [6.45, 7) is 12.1. The van der Waals surface area contributed by atoms with Gasteiger partial charge in [0.1, 0.15) is 12.6 Å². The number of hydrogen-bond acceptors (Lipinski definition) is 6. The SMILES string of the molecule is C=CCOC(=O)[C@@H]1[C@H]2C(=O)N([C@@H](CO)CC(C)C)C(C(=O)N(CC=C)Cc3ccccc3)C23CC[C@H]1S3. The summed E-state index contributed by atoms with van der Waals surface area (Å²) in [5.74, 6) is -1.81. The van der Waals surface area contributed by atoms with E-state index in [4.69, 9.17) is 4.74 Å². The molecule has 0 aromatic heterocycles. The summed E-state index contributed by atoms with van der Waals surface area (Å²) >= 11 is 1.61. The number of esters is 1. The van der Waals surface area contributed by atoms with Crippen molar-refractivity contribution in [2.24, 2.45) is 17.8 Å². The van der Waals surface area contributed by atoms with Crippen LogP contribution in [0.5, 0.6) is 0 Å². The van der Waals surface area contributed by atoms with E-state index in [1.807, 2.05) is 44.2 Å². The highest BCUT2D eigenvalue weighted by atomic mass is 32.2. The van der Waals surface area contributed by atoms with Crippen molar-refractivity contribution < 1.29 is 24.2 Å². The number of ether oxygens (including phenoxy) is 1. The van der Waals surface area contributed by atoms with Crippen LogP contribution in [0.15, 0.2) is 55.6 Å². The molecule has 3 fully saturated rings. The molecule has 8 heteroatoms. The number of fused-ring (bicyclic) bond motifs is 1. The largest absolute Gasteiger partial charge is 0.461 e. The lowest BCUT2D eigenvalue weighted by atomic mass is 9.71. The monoisotopic (exact) mass is 526 g/mol. The molecule has 200 valence electrons. The number of amides is 2. The summed E-state index contributed by atoms with van der Waals surface area (Å²) in [5.41, 5.74) is 0.984. The van der Waals surface area contributed by atoms with E-state index in [1.54, 1.807) is 27.6 Å². The first-order valence-corrected chi connectivity index (χ1v) is 14.0. The molecule has 1 aromatic carbocycles. The Balaban J connectivity index is 1.75. The van der Waals surface area contributed by atoms with E-state index >= 15 is 0 Å². The molecule has 6 atom stereocenters. The maximum Gasteiger partial charge on any atom is 0.311 e. The van der Waals surface area contributed by atoms with E-state index in [9.17, 15) is 19.5 Å². The lowest BCUT2D eigenvalue weighted by molar-refractivity contribution is -0.153. The van der Waals surface area contributed by atoms with Crippen LogP contribution < -0.4 is 0 Å². The van der Waals surface area contributed by atoms with Crippen molar-refractivity contribution in [1.29, 1.82) is 0 Å². The van der Waals surface area contributed by atoms with Gasteiger partial charge >= 0.3 is 5.97 Å². The fourth-order valence-electron chi connectivity index (χ4n) is 6.45. The van der Waals surface area contributed by atoms with Gasteiger partial charge in [-0.3, -0.25) is 14.4 Å². The molecule has 3 aliphatic heterocycles. The fraction of sp³-hybridized carbons (Fsp3) is 0.552. The van der Waals surface area contributed by atoms with Crippen LogP contribution in [-0.2, 0) is 25.7 Å². The van der Waals surface area contributed by atoms with Gasteiger partial charge in [0.25, 0.3) is 0 Å². The van der Waals surface area contributed by atoms with Crippen LogP contribution in [0.2, 0.25) is 0 Å². The molecule has 3 aliphatic rings. The number of aliphatic hydroxyl groups is 1. The fourth-order valence-corrected chi connectivity index (χ4v) is 8.64. The number of carbonyl (C=O) groups is 3. The molecule has 2 amide bonds. The predicted octanol–water partition coefficient (Wildman–Crippen LogP) is 3.43. The Morgan fingerprint density at radius 1 is 1.27 bits per heavy atom. The topological polar surface area (TPSA) is 87.1 Å². The minimum Gasteiger partial charge on any atom is -0.461 e. The Kier molecular flexibility index (Phi) is 8.49. The van der Waals surface area contributed by atoms with Gasteiger partial charge in [0.2, 0.25) is 11.8 Å². The van der Waals surface area contributed by atoms with Crippen LogP contribution in [0.1, 0.15) is 38.7 Å². The molecular weight excluding hydrogens is 488 g/mol. The zero-order chi connectivity index (χ0) is 26.7. The standard InChI is InChI=1S/C29H38N2O5S/c1-5-14-30(17-20-10-8-7-9-11-20)27(34)25-29-13-12-22(37-29)23(28(35)36-15-6-2)24(29)26(33)31(25)21(18-32)16-19(3)4/h5-11,19,21-25,32H,1-2,12-18H2,3-4H3/t21-,22-,23+,24+,25?,29?/m1/s1. The lowest BCUT2D eigenvalue weighted by Crippen LogP contribution is -2.57. The van der Waals surface area contributed by atoms with E-state index in [0.717, 1.165) is 12.0 Å². The van der Waals surface area contributed by atoms with Gasteiger partial charge in [0.05, 0.1) is 29.2 Å². The summed E-state index contributed by atoms with van der Waals surface area (Å²) in [5, 5.41) is 10.3. The Labute approximate surface area is 223 Å². The highest BCUT2D eigenvalue weighted by molar-refractivity contribution is 8.02. The predicted molar refractivity (Wildman–Crippen MR) is 144 cm³/mol. The summed E-state index contributed by atoms with van der Waals surface area (Å²) in [6.07, 6.45) is 5.19. The minimum absolute atomic E-state index is 0.0663. The Hall–Kier alpha value is -2.58. The van der Waals surface area contributed by atoms with E-state index in [2.05, 4.69) is 13.2 Å². The number of hydrogen-bond donors (Lipinski definition) is 1. The number of benzene rings is 1. The number of nitrogens with zero attached hydrogens (tertiary/aromatic N) is 2. The first-order valence-electron chi connectivity index (χ1n) is 13.1. The molecular formula is C29H38N2O5S. The van der Waals surface area contributed by atoms with Crippen LogP contribution in [0, 0.1) is 17.8 Å². The third kappa shape index (κ3) is 4.98. The number of thioether (sulfide) groups is 1. The van der Waals surface area contributed by atoms with Crippen LogP contribution >= 0.6 is 11.8 Å². The number of carbonyl (C=O) groups excluding carboxylic acids is 3. The Morgan fingerprint density at radius 3 is 2.62 bits per heavy atom. The zero-order valence-corrected chi connectivity index (χ0v) is 22.6. The Morgan fingerprint density at radius 2 is 2.00 bits per heavy atom. The van der Waals surface area contributed by atoms with Crippen LogP contribution in [0.4, 0.5) is 0 Å². The van der Waals surface area contributed by atoms with Gasteiger partial charge in [-0.15, -0.1) is 18.3 Å². The van der Waals surface area contributed by atoms with Gasteiger partial charge in [-0.1, -0.05) is 62.9 Å². The molecule has 4 rings (SSSR count). The van der Waals surface area contributed by atoms with Crippen LogP contribution in [0.25, 0.3) is 0 Å². The molecule has 0 radical (unpaired) electrons. The van der Waals surface area contributed by atoms with Crippen molar-refractivity contribution in [2.45, 2.75) is 61.7 Å². The highest BCUT2D eigenvalue weighted by Crippen LogP contribution is 2.67. The Bertz CT molecular complexity index is 1030. The van der Waals surface area contributed by atoms with Crippen molar-refractivity contribution >= 4 is 29.5 Å². The second-order valence-electron chi connectivity index (χ2n) is 10.7. The molecule has 1 aromatic rings. The maximum absolute atomic E-state index is 14.4. The van der Waals surface area contributed by atoms with E-state index in [1.165, 1.54) is 6.08 Å². The van der Waals surface area contributed by atoms with Gasteiger partial charge in [-0.25, -0.2) is 0 Å². The van der Waals surface area contributed by atoms with Crippen molar-refractivity contribution in [3.8, 4) is 0 Å². The van der Waals surface area contributed by atoms with Crippen molar-refractivity contribution in [3.05, 3.63) is 61.2 Å². The first kappa shape index (κ1) is 27.5. The minimum atomic E-state index is -0.767. The van der Waals surface area contributed by atoms with Gasteiger partial charge in [-0.05, 0) is 30.7 Å². The van der Waals surface area contributed by atoms with Gasteiger partial charge in [0.15, 0.2) is 0 Å². The first-order chi connectivity index (χ1) is 17.8. The van der Waals surface area contributed by atoms with Gasteiger partial charge in [-0.2, -0.15) is 0 Å². The van der Waals surface area contributed by atoms with E-state index in [0.29, 0.717) is 25.9 Å². The molecule has 2 bridgehead atoms. The molecule has 1 N–H and O–H groups in total. The zero-order valence-electron chi connectivity index (χ0n) is 21.8. The van der Waals surface area contributed by atoms with Gasteiger partial charge in [0, 0.05) is 18.3 Å². The molecule has 0 saturated carbocycles. The molecule has 3 saturated heterocycles. The molecule has 3 heterocycles. The van der Waals surface area contributed by atoms with Crippen molar-refractivity contribution in [3.63, 3.8) is 0 Å².